The molecule has 282 valence electrons. The molecule has 2 nitrogen and oxygen atoms in total. The zero-order chi connectivity index (χ0) is 39.9. The Morgan fingerprint density at radius 1 is 0.351 bits per heavy atom. The van der Waals surface area contributed by atoms with E-state index in [2.05, 4.69) is 230 Å². The molecule has 0 amide bonds. The second-order valence-electron chi connectivity index (χ2n) is 19.1. The van der Waals surface area contributed by atoms with Crippen LogP contribution in [0.15, 0.2) is 158 Å². The molecule has 0 aromatic heterocycles. The molecule has 3 heteroatoms. The Morgan fingerprint density at radius 2 is 0.807 bits per heavy atom. The van der Waals surface area contributed by atoms with E-state index in [1.54, 1.807) is 0 Å². The van der Waals surface area contributed by atoms with Crippen molar-refractivity contribution in [1.29, 1.82) is 0 Å². The normalized spacial score (nSPS) is 13.6. The molecule has 2 aliphatic heterocycles. The molecule has 0 bridgehead atoms. The minimum Gasteiger partial charge on any atom is -0.311 e. The lowest BCUT2D eigenvalue weighted by atomic mass is 9.33. The third kappa shape index (κ3) is 6.38. The summed E-state index contributed by atoms with van der Waals surface area (Å²) in [6.45, 7) is 20.9. The van der Waals surface area contributed by atoms with Gasteiger partial charge in [0.05, 0.1) is 5.69 Å². The van der Waals surface area contributed by atoms with Gasteiger partial charge in [0.1, 0.15) is 0 Å². The van der Waals surface area contributed by atoms with Gasteiger partial charge in [-0.1, -0.05) is 178 Å². The third-order valence-electron chi connectivity index (χ3n) is 12.1. The molecule has 57 heavy (non-hydrogen) atoms. The van der Waals surface area contributed by atoms with Crippen LogP contribution in [0.25, 0.3) is 22.3 Å². The first-order valence-electron chi connectivity index (χ1n) is 20.6. The molecule has 0 aliphatic carbocycles. The SMILES string of the molecule is CC(C)(C)c1ccc(N2c3ccc(C(C)(C)C)cc3B3c4cc(C(C)(C)C)ccc4N(c4ccccc4-c4ccccc4)c4cc(-c5ccccc5)cc2c43)cc1. The molecule has 9 rings (SSSR count). The number of benzene rings is 7. The highest BCUT2D eigenvalue weighted by Crippen LogP contribution is 2.48. The lowest BCUT2D eigenvalue weighted by Crippen LogP contribution is -2.61. The van der Waals surface area contributed by atoms with Crippen molar-refractivity contribution in [1.82, 2.24) is 0 Å². The van der Waals surface area contributed by atoms with Crippen molar-refractivity contribution in [3.05, 3.63) is 174 Å². The molecule has 2 aliphatic rings. The van der Waals surface area contributed by atoms with E-state index in [0.717, 1.165) is 0 Å². The summed E-state index contributed by atoms with van der Waals surface area (Å²) in [5, 5.41) is 0. The van der Waals surface area contributed by atoms with Gasteiger partial charge < -0.3 is 9.80 Å². The van der Waals surface area contributed by atoms with Crippen LogP contribution in [0.3, 0.4) is 0 Å². The van der Waals surface area contributed by atoms with E-state index in [0.29, 0.717) is 0 Å². The fourth-order valence-electron chi connectivity index (χ4n) is 8.91. The van der Waals surface area contributed by atoms with Gasteiger partial charge in [-0.3, -0.25) is 0 Å². The molecule has 0 unspecified atom stereocenters. The predicted molar refractivity (Wildman–Crippen MR) is 247 cm³/mol. The molecule has 0 saturated heterocycles. The summed E-state index contributed by atoms with van der Waals surface area (Å²) in [7, 11) is 0. The summed E-state index contributed by atoms with van der Waals surface area (Å²) >= 11 is 0. The second kappa shape index (κ2) is 13.4. The molecule has 0 atom stereocenters. The van der Waals surface area contributed by atoms with Crippen molar-refractivity contribution in [3.63, 3.8) is 0 Å². The highest BCUT2D eigenvalue weighted by atomic mass is 15.2. The van der Waals surface area contributed by atoms with Gasteiger partial charge in [0.2, 0.25) is 0 Å². The van der Waals surface area contributed by atoms with Gasteiger partial charge in [-0.2, -0.15) is 0 Å². The summed E-state index contributed by atoms with van der Waals surface area (Å²) < 4.78 is 0. The maximum absolute atomic E-state index is 2.57. The first kappa shape index (κ1) is 36.8. The number of rotatable bonds is 4. The number of para-hydroxylation sites is 1. The van der Waals surface area contributed by atoms with Gasteiger partial charge in [-0.15, -0.1) is 0 Å². The molecule has 2 heterocycles. The van der Waals surface area contributed by atoms with E-state index in [9.17, 15) is 0 Å². The molecule has 0 N–H and O–H groups in total. The van der Waals surface area contributed by atoms with Crippen LogP contribution >= 0.6 is 0 Å². The molecular weight excluding hydrogens is 687 g/mol. The van der Waals surface area contributed by atoms with Crippen LogP contribution in [-0.2, 0) is 16.2 Å². The second-order valence-corrected chi connectivity index (χ2v) is 19.1. The number of nitrogens with zero attached hydrogens (tertiary/aromatic N) is 2. The van der Waals surface area contributed by atoms with Crippen LogP contribution in [0.5, 0.6) is 0 Å². The molecule has 0 radical (unpaired) electrons. The van der Waals surface area contributed by atoms with E-state index in [4.69, 9.17) is 0 Å². The van der Waals surface area contributed by atoms with Gasteiger partial charge in [-0.05, 0) is 108 Å². The zero-order valence-electron chi connectivity index (χ0n) is 35.0. The smallest absolute Gasteiger partial charge is 0.252 e. The van der Waals surface area contributed by atoms with Gasteiger partial charge in [0, 0.05) is 34.0 Å². The molecule has 7 aromatic carbocycles. The van der Waals surface area contributed by atoms with E-state index in [-0.39, 0.29) is 23.0 Å². The molecular formula is C54H53BN2. The van der Waals surface area contributed by atoms with Crippen LogP contribution in [0.2, 0.25) is 0 Å². The van der Waals surface area contributed by atoms with Crippen molar-refractivity contribution >= 4 is 57.2 Å². The summed E-state index contributed by atoms with van der Waals surface area (Å²) in [5.74, 6) is 0. The van der Waals surface area contributed by atoms with Crippen molar-refractivity contribution in [2.24, 2.45) is 0 Å². The Labute approximate surface area is 340 Å². The van der Waals surface area contributed by atoms with Gasteiger partial charge in [0.25, 0.3) is 6.71 Å². The Kier molecular flexibility index (Phi) is 8.66. The minimum absolute atomic E-state index is 0.0140. The first-order chi connectivity index (χ1) is 27.2. The Bertz CT molecular complexity index is 2620. The van der Waals surface area contributed by atoms with Crippen molar-refractivity contribution < 1.29 is 0 Å². The average molecular weight is 741 g/mol. The fourth-order valence-corrected chi connectivity index (χ4v) is 8.91. The summed E-state index contributed by atoms with van der Waals surface area (Å²) in [6.07, 6.45) is 0. The number of anilines is 6. The van der Waals surface area contributed by atoms with Crippen LogP contribution in [-0.4, -0.2) is 6.71 Å². The topological polar surface area (TPSA) is 6.48 Å². The molecule has 0 saturated carbocycles. The fraction of sp³-hybridized carbons (Fsp3) is 0.222. The van der Waals surface area contributed by atoms with Gasteiger partial charge in [-0.25, -0.2) is 0 Å². The summed E-state index contributed by atoms with van der Waals surface area (Å²) in [4.78, 5) is 5.13. The van der Waals surface area contributed by atoms with Crippen LogP contribution in [0.1, 0.15) is 79.0 Å². The largest absolute Gasteiger partial charge is 0.311 e. The monoisotopic (exact) mass is 740 g/mol. The van der Waals surface area contributed by atoms with E-state index < -0.39 is 0 Å². The Morgan fingerprint density at radius 3 is 1.35 bits per heavy atom. The minimum atomic E-state index is -0.0202. The Hall–Kier alpha value is -5.80. The molecule has 7 aromatic rings. The number of hydrogen-bond donors (Lipinski definition) is 0. The molecule has 0 fully saturated rings. The summed E-state index contributed by atoms with van der Waals surface area (Å²) in [5.41, 5.74) is 20.2. The first-order valence-corrected chi connectivity index (χ1v) is 20.6. The average Bonchev–Trinajstić information content (AvgIpc) is 3.20. The lowest BCUT2D eigenvalue weighted by molar-refractivity contribution is 0.590. The highest BCUT2D eigenvalue weighted by molar-refractivity contribution is 7.00. The molecule has 0 spiro atoms. The van der Waals surface area contributed by atoms with E-state index in [1.807, 2.05) is 0 Å². The third-order valence-corrected chi connectivity index (χ3v) is 12.1. The van der Waals surface area contributed by atoms with Crippen molar-refractivity contribution in [2.75, 3.05) is 9.80 Å². The standard InChI is InChI=1S/C54H53BN2/c1-52(2,3)39-24-28-42(29-25-39)56-47-30-26-40(53(4,5)6)34-44(47)55-45-35-41(54(7,8)9)27-31-48(45)57(46-23-17-16-22-43(46)37-20-14-11-15-21-37)50-33-38(32-49(56)51(50)55)36-18-12-10-13-19-36/h10-35H,1-9H3. The zero-order valence-corrected chi connectivity index (χ0v) is 35.0. The van der Waals surface area contributed by atoms with Gasteiger partial charge in [0.15, 0.2) is 0 Å². The van der Waals surface area contributed by atoms with Crippen molar-refractivity contribution in [3.8, 4) is 22.3 Å². The van der Waals surface area contributed by atoms with Crippen LogP contribution in [0.4, 0.5) is 34.1 Å². The van der Waals surface area contributed by atoms with E-state index >= 15 is 0 Å². The summed E-state index contributed by atoms with van der Waals surface area (Å²) in [6, 6.07) is 59.5. The number of hydrogen-bond acceptors (Lipinski definition) is 2. The quantitative estimate of drug-likeness (QED) is 0.166. The van der Waals surface area contributed by atoms with E-state index in [1.165, 1.54) is 89.5 Å². The maximum atomic E-state index is 2.57. The number of fused-ring (bicyclic) bond motifs is 4. The van der Waals surface area contributed by atoms with Crippen LogP contribution < -0.4 is 26.2 Å². The Balaban J connectivity index is 1.43. The van der Waals surface area contributed by atoms with Crippen LogP contribution in [0, 0.1) is 0 Å². The van der Waals surface area contributed by atoms with Crippen molar-refractivity contribution in [2.45, 2.75) is 78.6 Å². The predicted octanol–water partition coefficient (Wildman–Crippen LogP) is 13.0. The highest BCUT2D eigenvalue weighted by Gasteiger charge is 2.45. The van der Waals surface area contributed by atoms with Gasteiger partial charge >= 0.3 is 0 Å². The lowest BCUT2D eigenvalue weighted by Gasteiger charge is -2.45. The maximum Gasteiger partial charge on any atom is 0.252 e.